The highest BCUT2D eigenvalue weighted by molar-refractivity contribution is 5.39. The Balaban J connectivity index is 2.10. The third-order valence-electron chi connectivity index (χ3n) is 7.66. The van der Waals surface area contributed by atoms with Gasteiger partial charge in [-0.3, -0.25) is 0 Å². The van der Waals surface area contributed by atoms with E-state index in [1.807, 2.05) is 0 Å². The molecule has 0 N–H and O–H groups in total. The van der Waals surface area contributed by atoms with Gasteiger partial charge >= 0.3 is 0 Å². The summed E-state index contributed by atoms with van der Waals surface area (Å²) in [6, 6.07) is 10.2. The first-order valence-electron chi connectivity index (χ1n) is 14.8. The minimum Gasteiger partial charge on any atom is -0.0654 e. The van der Waals surface area contributed by atoms with E-state index in [1.54, 1.807) is 33.4 Å². The van der Waals surface area contributed by atoms with E-state index in [2.05, 4.69) is 65.8 Å². The zero-order chi connectivity index (χ0) is 24.8. The van der Waals surface area contributed by atoms with Crippen molar-refractivity contribution in [2.24, 2.45) is 0 Å². The lowest BCUT2D eigenvalue weighted by atomic mass is 9.89. The average molecular weight is 463 g/mol. The van der Waals surface area contributed by atoms with Crippen LogP contribution in [0.3, 0.4) is 0 Å². The molecule has 0 aliphatic rings. The zero-order valence-electron chi connectivity index (χ0n) is 23.6. The van der Waals surface area contributed by atoms with Crippen LogP contribution < -0.4 is 0 Å². The molecule has 0 saturated heterocycles. The first-order valence-corrected chi connectivity index (χ1v) is 14.8. The van der Waals surface area contributed by atoms with Gasteiger partial charge in [-0.15, -0.1) is 0 Å². The molecular weight excluding hydrogens is 408 g/mol. The number of unbranched alkanes of at least 4 members (excludes halogenated alkanes) is 5. The minimum absolute atomic E-state index is 1.24. The second-order valence-electron chi connectivity index (χ2n) is 10.7. The Morgan fingerprint density at radius 1 is 0.353 bits per heavy atom. The van der Waals surface area contributed by atoms with Crippen molar-refractivity contribution in [1.82, 2.24) is 0 Å². The molecule has 0 heteroatoms. The summed E-state index contributed by atoms with van der Waals surface area (Å²) < 4.78 is 0. The van der Waals surface area contributed by atoms with E-state index in [0.29, 0.717) is 0 Å². The van der Waals surface area contributed by atoms with E-state index >= 15 is 0 Å². The smallest absolute Gasteiger partial charge is 0.0276 e. The van der Waals surface area contributed by atoms with E-state index < -0.39 is 0 Å². The first kappa shape index (κ1) is 28.7. The van der Waals surface area contributed by atoms with Crippen molar-refractivity contribution >= 4 is 0 Å². The predicted molar refractivity (Wildman–Crippen MR) is 153 cm³/mol. The standard InChI is InChI=1S/C34H54/c1-7-11-17-29-25-33(31(19-13-9-3)23-27(29)5)21-15-16-22-34-26-30(18-12-8-2)28(6)24-32(34)20-14-10-4/h23-26H,7-22H2,1-6H3. The van der Waals surface area contributed by atoms with Gasteiger partial charge in [0.1, 0.15) is 0 Å². The molecule has 0 heterocycles. The second kappa shape index (κ2) is 16.2. The molecule has 0 saturated carbocycles. The molecule has 0 spiro atoms. The fourth-order valence-corrected chi connectivity index (χ4v) is 5.30. The molecule has 0 unspecified atom stereocenters. The maximum absolute atomic E-state index is 2.58. The lowest BCUT2D eigenvalue weighted by Gasteiger charge is -2.16. The lowest BCUT2D eigenvalue weighted by Crippen LogP contribution is -2.03. The predicted octanol–water partition coefficient (Wildman–Crippen LogP) is 10.2. The molecule has 0 fully saturated rings. The van der Waals surface area contributed by atoms with Crippen molar-refractivity contribution in [3.8, 4) is 0 Å². The Morgan fingerprint density at radius 2 is 0.618 bits per heavy atom. The van der Waals surface area contributed by atoms with Crippen molar-refractivity contribution in [2.75, 3.05) is 0 Å². The molecule has 0 aliphatic carbocycles. The van der Waals surface area contributed by atoms with Crippen LogP contribution in [-0.4, -0.2) is 0 Å². The lowest BCUT2D eigenvalue weighted by molar-refractivity contribution is 0.707. The molecule has 0 nitrogen and oxygen atoms in total. The number of aryl methyl sites for hydroxylation is 8. The van der Waals surface area contributed by atoms with Crippen molar-refractivity contribution in [2.45, 2.75) is 144 Å². The third-order valence-corrected chi connectivity index (χ3v) is 7.66. The van der Waals surface area contributed by atoms with Crippen LogP contribution in [0.1, 0.15) is 136 Å². The van der Waals surface area contributed by atoms with Gasteiger partial charge in [-0.25, -0.2) is 0 Å². The van der Waals surface area contributed by atoms with Gasteiger partial charge in [0.05, 0.1) is 0 Å². The monoisotopic (exact) mass is 462 g/mol. The van der Waals surface area contributed by atoms with Crippen molar-refractivity contribution in [3.63, 3.8) is 0 Å². The van der Waals surface area contributed by atoms with Gasteiger partial charge in [-0.1, -0.05) is 77.6 Å². The minimum atomic E-state index is 1.24. The van der Waals surface area contributed by atoms with Gasteiger partial charge in [0.15, 0.2) is 0 Å². The molecule has 34 heavy (non-hydrogen) atoms. The highest BCUT2D eigenvalue weighted by Crippen LogP contribution is 2.25. The maximum atomic E-state index is 2.58. The SMILES string of the molecule is CCCCc1cc(CCCCc2cc(CCCC)c(C)cc2CCCC)c(CCCC)cc1C. The number of hydrogen-bond acceptors (Lipinski definition) is 0. The summed E-state index contributed by atoms with van der Waals surface area (Å²) >= 11 is 0. The van der Waals surface area contributed by atoms with Crippen LogP contribution in [0.25, 0.3) is 0 Å². The fraction of sp³-hybridized carbons (Fsp3) is 0.647. The van der Waals surface area contributed by atoms with Gasteiger partial charge in [-0.2, -0.15) is 0 Å². The summed E-state index contributed by atoms with van der Waals surface area (Å²) in [7, 11) is 0. The molecule has 0 radical (unpaired) electrons. The van der Waals surface area contributed by atoms with Crippen LogP contribution in [0.5, 0.6) is 0 Å². The van der Waals surface area contributed by atoms with Crippen LogP contribution in [0.4, 0.5) is 0 Å². The molecule has 190 valence electrons. The number of benzene rings is 2. The maximum Gasteiger partial charge on any atom is -0.0276 e. The van der Waals surface area contributed by atoms with E-state index in [-0.39, 0.29) is 0 Å². The van der Waals surface area contributed by atoms with Crippen LogP contribution >= 0.6 is 0 Å². The summed E-state index contributed by atoms with van der Waals surface area (Å²) in [4.78, 5) is 0. The van der Waals surface area contributed by atoms with Gasteiger partial charge < -0.3 is 0 Å². The molecule has 0 atom stereocenters. The summed E-state index contributed by atoms with van der Waals surface area (Å²) in [5.41, 5.74) is 12.8. The average Bonchev–Trinajstić information content (AvgIpc) is 2.84. The molecular formula is C34H54. The van der Waals surface area contributed by atoms with E-state index in [1.165, 1.54) is 114 Å². The number of hydrogen-bond donors (Lipinski definition) is 0. The highest BCUT2D eigenvalue weighted by atomic mass is 14.2. The van der Waals surface area contributed by atoms with Gasteiger partial charge in [-0.05, 0) is 135 Å². The van der Waals surface area contributed by atoms with Crippen LogP contribution in [-0.2, 0) is 38.5 Å². The summed E-state index contributed by atoms with van der Waals surface area (Å²) in [5, 5.41) is 0. The molecule has 0 aliphatic heterocycles. The zero-order valence-corrected chi connectivity index (χ0v) is 23.6. The first-order chi connectivity index (χ1) is 16.5. The number of rotatable bonds is 17. The quantitative estimate of drug-likeness (QED) is 0.205. The van der Waals surface area contributed by atoms with Gasteiger partial charge in [0.2, 0.25) is 0 Å². The second-order valence-corrected chi connectivity index (χ2v) is 10.7. The summed E-state index contributed by atoms with van der Waals surface area (Å²) in [5.74, 6) is 0. The Bertz CT molecular complexity index is 770. The molecule has 2 aromatic carbocycles. The van der Waals surface area contributed by atoms with Crippen LogP contribution in [0.15, 0.2) is 24.3 Å². The largest absolute Gasteiger partial charge is 0.0654 e. The Kier molecular flexibility index (Phi) is 13.6. The van der Waals surface area contributed by atoms with Gasteiger partial charge in [0, 0.05) is 0 Å². The van der Waals surface area contributed by atoms with Crippen molar-refractivity contribution < 1.29 is 0 Å². The summed E-state index contributed by atoms with van der Waals surface area (Å²) in [6.07, 6.45) is 20.5. The molecule has 0 amide bonds. The summed E-state index contributed by atoms with van der Waals surface area (Å²) in [6.45, 7) is 13.9. The normalized spacial score (nSPS) is 11.4. The van der Waals surface area contributed by atoms with Crippen LogP contribution in [0, 0.1) is 13.8 Å². The highest BCUT2D eigenvalue weighted by Gasteiger charge is 2.10. The van der Waals surface area contributed by atoms with Crippen molar-refractivity contribution in [1.29, 1.82) is 0 Å². The van der Waals surface area contributed by atoms with E-state index in [0.717, 1.165) is 0 Å². The third kappa shape index (κ3) is 9.24. The molecule has 2 aromatic rings. The van der Waals surface area contributed by atoms with Crippen LogP contribution in [0.2, 0.25) is 0 Å². The Morgan fingerprint density at radius 3 is 0.941 bits per heavy atom. The topological polar surface area (TPSA) is 0 Å². The van der Waals surface area contributed by atoms with Gasteiger partial charge in [0.25, 0.3) is 0 Å². The molecule has 0 aromatic heterocycles. The molecule has 2 rings (SSSR count). The fourth-order valence-electron chi connectivity index (χ4n) is 5.30. The Labute approximate surface area is 213 Å². The Hall–Kier alpha value is -1.56. The molecule has 0 bridgehead atoms. The van der Waals surface area contributed by atoms with E-state index in [4.69, 9.17) is 0 Å². The van der Waals surface area contributed by atoms with E-state index in [9.17, 15) is 0 Å². The van der Waals surface area contributed by atoms with Crippen molar-refractivity contribution in [3.05, 3.63) is 68.8 Å².